The van der Waals surface area contributed by atoms with Crippen molar-refractivity contribution in [1.29, 1.82) is 0 Å². The zero-order chi connectivity index (χ0) is 60.3. The summed E-state index contributed by atoms with van der Waals surface area (Å²) in [6.07, 6.45) is 11.8. The van der Waals surface area contributed by atoms with E-state index in [0.29, 0.717) is 91.4 Å². The van der Waals surface area contributed by atoms with Gasteiger partial charge >= 0.3 is 5.97 Å². The Morgan fingerprint density at radius 2 is 0.929 bits per heavy atom. The van der Waals surface area contributed by atoms with Gasteiger partial charge in [0.1, 0.15) is 23.7 Å². The number of sulfonamides is 2. The molecule has 0 saturated carbocycles. The van der Waals surface area contributed by atoms with Gasteiger partial charge in [0.2, 0.25) is 20.0 Å². The van der Waals surface area contributed by atoms with Crippen molar-refractivity contribution in [1.82, 2.24) is 23.7 Å². The molecule has 10 rings (SSSR count). The average Bonchev–Trinajstić information content (AvgIpc) is 3.67. The third kappa shape index (κ3) is 18.3. The smallest absolute Gasteiger partial charge is 0.335 e. The Labute approximate surface area is 513 Å². The maximum atomic E-state index is 13.3. The number of likely N-dealkylation sites (tertiary alicyclic amines) is 2. The van der Waals surface area contributed by atoms with Crippen molar-refractivity contribution in [2.45, 2.75) is 125 Å². The number of benzene rings is 6. The van der Waals surface area contributed by atoms with Crippen LogP contribution in [0.2, 0.25) is 10.0 Å². The summed E-state index contributed by atoms with van der Waals surface area (Å²) in [6, 6.07) is 44.5. The summed E-state index contributed by atoms with van der Waals surface area (Å²) in [5.41, 5.74) is 10.1. The average molecular weight is 1240 g/mol. The number of nitrogens with two attached hydrogens (primary N) is 1. The van der Waals surface area contributed by atoms with Crippen LogP contribution in [0, 0.1) is 0 Å². The number of hydrogen-bond donors (Lipinski definition) is 3. The Kier molecular flexibility index (Phi) is 24.3. The summed E-state index contributed by atoms with van der Waals surface area (Å²) in [5, 5.41) is 12.6. The van der Waals surface area contributed by atoms with Crippen LogP contribution in [-0.2, 0) is 20.0 Å². The van der Waals surface area contributed by atoms with Gasteiger partial charge in [-0.15, -0.1) is 0 Å². The van der Waals surface area contributed by atoms with Gasteiger partial charge in [0.25, 0.3) is 5.91 Å². The number of nitrogens with zero attached hydrogens (tertiary/aromatic N) is 4. The van der Waals surface area contributed by atoms with Crippen LogP contribution in [0.5, 0.6) is 11.5 Å². The summed E-state index contributed by atoms with van der Waals surface area (Å²) >= 11 is 12.6. The quantitative estimate of drug-likeness (QED) is 0.0651. The van der Waals surface area contributed by atoms with Crippen LogP contribution in [0.1, 0.15) is 112 Å². The molecule has 0 bridgehead atoms. The van der Waals surface area contributed by atoms with Crippen molar-refractivity contribution < 1.29 is 41.0 Å². The molecule has 4 N–H and O–H groups in total. The molecule has 0 spiro atoms. The lowest BCUT2D eigenvalue weighted by molar-refractivity contribution is 0.0696. The number of carboxylic acids is 1. The van der Waals surface area contributed by atoms with Crippen LogP contribution in [0.15, 0.2) is 155 Å². The third-order valence-corrected chi connectivity index (χ3v) is 20.8. The van der Waals surface area contributed by atoms with Crippen LogP contribution in [0.4, 0.5) is 0 Å². The van der Waals surface area contributed by atoms with E-state index in [2.05, 4.69) is 29.0 Å². The Balaban J connectivity index is 0.000000192. The second-order valence-electron chi connectivity index (χ2n) is 22.3. The maximum Gasteiger partial charge on any atom is 0.335 e. The number of carbonyl (C=O) groups excluding carboxylic acids is 1. The van der Waals surface area contributed by atoms with E-state index in [1.807, 2.05) is 84.9 Å². The Morgan fingerprint density at radius 3 is 1.33 bits per heavy atom. The van der Waals surface area contributed by atoms with E-state index < -0.39 is 26.0 Å². The van der Waals surface area contributed by atoms with Gasteiger partial charge in [0.15, 0.2) is 0 Å². The molecule has 2 unspecified atom stereocenters. The molecule has 0 aliphatic carbocycles. The molecule has 4 saturated heterocycles. The van der Waals surface area contributed by atoms with Gasteiger partial charge < -0.3 is 35.4 Å². The van der Waals surface area contributed by atoms with E-state index in [0.717, 1.165) is 60.8 Å². The first-order valence-corrected chi connectivity index (χ1v) is 33.6. The lowest BCUT2D eigenvalue weighted by Crippen LogP contribution is -2.41. The third-order valence-electron chi connectivity index (χ3n) is 16.4. The zero-order valence-corrected chi connectivity index (χ0v) is 52.0. The Morgan fingerprint density at radius 1 is 0.529 bits per heavy atom. The highest BCUT2D eigenvalue weighted by Gasteiger charge is 2.32. The van der Waals surface area contributed by atoms with Crippen LogP contribution in [0.25, 0.3) is 22.3 Å². The number of amides is 1. The normalized spacial score (nSPS) is 18.7. The number of ether oxygens (including phenoxy) is 2. The molecule has 4 fully saturated rings. The van der Waals surface area contributed by atoms with E-state index in [4.69, 9.17) is 43.5 Å². The zero-order valence-electron chi connectivity index (χ0n) is 48.9. The van der Waals surface area contributed by atoms with Gasteiger partial charge in [-0.2, -0.15) is 8.61 Å². The molecule has 1 amide bonds. The fourth-order valence-corrected chi connectivity index (χ4v) is 14.7. The minimum Gasteiger partial charge on any atom is -0.489 e. The van der Waals surface area contributed by atoms with Gasteiger partial charge in [0.05, 0.1) is 25.4 Å². The molecule has 4 aliphatic heterocycles. The number of halogens is 2. The molecular formula is C66H82Cl2N6O9S2. The molecular weight excluding hydrogens is 1160 g/mol. The number of carbonyl (C=O) groups is 2. The molecule has 0 radical (unpaired) electrons. The number of nitrogens with one attached hydrogen (secondary N) is 1. The second-order valence-corrected chi connectivity index (χ2v) is 27.0. The van der Waals surface area contributed by atoms with Crippen LogP contribution in [-0.4, -0.2) is 142 Å². The van der Waals surface area contributed by atoms with Crippen molar-refractivity contribution in [3.8, 4) is 33.8 Å². The van der Waals surface area contributed by atoms with Crippen molar-refractivity contribution in [3.63, 3.8) is 0 Å². The molecule has 19 heteroatoms. The van der Waals surface area contributed by atoms with Crippen LogP contribution < -0.4 is 20.5 Å². The van der Waals surface area contributed by atoms with E-state index in [1.54, 1.807) is 42.5 Å². The summed E-state index contributed by atoms with van der Waals surface area (Å²) in [7, 11) is -7.19. The predicted molar refractivity (Wildman–Crippen MR) is 339 cm³/mol. The maximum absolute atomic E-state index is 13.3. The molecule has 6 aromatic rings. The highest BCUT2D eigenvalue weighted by molar-refractivity contribution is 7.89. The Hall–Kier alpha value is -5.86. The van der Waals surface area contributed by atoms with Gasteiger partial charge in [-0.05, 0) is 187 Å². The first kappa shape index (κ1) is 65.1. The highest BCUT2D eigenvalue weighted by Crippen LogP contribution is 2.33. The molecule has 15 nitrogen and oxygen atoms in total. The fourth-order valence-electron chi connectivity index (χ4n) is 11.3. The summed E-state index contributed by atoms with van der Waals surface area (Å²) in [4.78, 5) is 29.3. The minimum absolute atomic E-state index is 0.0848. The summed E-state index contributed by atoms with van der Waals surface area (Å²) in [5.74, 6) is -0.307. The molecule has 0 aromatic heterocycles. The summed E-state index contributed by atoms with van der Waals surface area (Å²) in [6.45, 7) is 12.1. The lowest BCUT2D eigenvalue weighted by Gasteiger charge is -2.33. The number of aromatic carboxylic acids is 1. The number of piperidine rings is 4. The Bertz CT molecular complexity index is 3310. The van der Waals surface area contributed by atoms with Crippen molar-refractivity contribution in [2.75, 3.05) is 65.4 Å². The van der Waals surface area contributed by atoms with Crippen LogP contribution in [0.3, 0.4) is 0 Å². The number of hydrogen-bond acceptors (Lipinski definition) is 11. The standard InChI is InChI=1S/C33H40ClN3O4S.C24H22ClNO5S.C9H20N2/c1-25-8-5-6-20-36(25)21-7-19-35-33(38)28-13-16-32(31(34)24-28)41-29-17-22-37(23-18-29)42(39,40)30-14-11-27(12-15-30)26-9-3-2-4-10-26;25-22-16-19(24(27)28)8-11-23(22)31-20-12-14-26(15-13-20)32(29,30)21-9-6-18(7-10-21)17-4-2-1-3-5-17;1-9-5-2-3-7-11(9)8-4-6-10/h2-4,9-16,24-25,29H,5-8,17-23H2,1H3,(H,35,38);1-11,16,20H,12-15H2,(H,27,28);9H,2-8,10H2,1H3. The van der Waals surface area contributed by atoms with E-state index in [-0.39, 0.29) is 33.6 Å². The van der Waals surface area contributed by atoms with E-state index in [1.165, 1.54) is 78.4 Å². The van der Waals surface area contributed by atoms with Crippen LogP contribution >= 0.6 is 23.2 Å². The largest absolute Gasteiger partial charge is 0.489 e. The SMILES string of the molecule is CC1CCCCN1CCCN.CC1CCCCN1CCCNC(=O)c1ccc(OC2CCN(S(=O)(=O)c3ccc(-c4ccccc4)cc3)CC2)c(Cl)c1.O=C(O)c1ccc(OC2CCN(S(=O)(=O)c3ccc(-c4ccccc4)cc3)CC2)c(Cl)c1. The first-order chi connectivity index (χ1) is 41.0. The van der Waals surface area contributed by atoms with E-state index in [9.17, 15) is 26.4 Å². The van der Waals surface area contributed by atoms with E-state index >= 15 is 0 Å². The molecule has 4 aliphatic rings. The predicted octanol–water partition coefficient (Wildman–Crippen LogP) is 12.4. The van der Waals surface area contributed by atoms with Gasteiger partial charge in [-0.3, -0.25) is 4.79 Å². The fraction of sp³-hybridized carbons (Fsp3) is 0.424. The topological polar surface area (TPSA) is 192 Å². The minimum atomic E-state index is -3.60. The molecule has 85 heavy (non-hydrogen) atoms. The molecule has 456 valence electrons. The lowest BCUT2D eigenvalue weighted by atomic mass is 10.0. The summed E-state index contributed by atoms with van der Waals surface area (Å²) < 4.78 is 67.7. The van der Waals surface area contributed by atoms with Crippen molar-refractivity contribution >= 4 is 55.1 Å². The molecule has 2 atom stereocenters. The van der Waals surface area contributed by atoms with Crippen molar-refractivity contribution in [2.24, 2.45) is 5.73 Å². The molecule has 4 heterocycles. The first-order valence-electron chi connectivity index (χ1n) is 29.9. The highest BCUT2D eigenvalue weighted by atomic mass is 35.5. The number of carboxylic acid groups (broad SMARTS) is 1. The van der Waals surface area contributed by atoms with Crippen molar-refractivity contribution in [3.05, 3.63) is 167 Å². The van der Waals surface area contributed by atoms with Gasteiger partial charge in [-0.25, -0.2) is 21.6 Å². The number of rotatable bonds is 19. The second kappa shape index (κ2) is 31.7. The van der Waals surface area contributed by atoms with Gasteiger partial charge in [-0.1, -0.05) is 121 Å². The monoisotopic (exact) mass is 1240 g/mol. The van der Waals surface area contributed by atoms with Gasteiger partial charge in [0, 0.05) is 56.9 Å². The molecule has 6 aromatic carbocycles.